The van der Waals surface area contributed by atoms with E-state index >= 15 is 0 Å². The first-order valence-corrected chi connectivity index (χ1v) is 4.61. The third kappa shape index (κ3) is 3.22. The highest BCUT2D eigenvalue weighted by molar-refractivity contribution is 5.32. The van der Waals surface area contributed by atoms with Crippen LogP contribution >= 0.6 is 0 Å². The summed E-state index contributed by atoms with van der Waals surface area (Å²) in [6, 6.07) is 3.61. The zero-order valence-corrected chi connectivity index (χ0v) is 8.27. The molecular formula is C10H15NO3. The van der Waals surface area contributed by atoms with Crippen LogP contribution in [0, 0.1) is 0 Å². The molecule has 0 amide bonds. The van der Waals surface area contributed by atoms with Gasteiger partial charge in [0.05, 0.1) is 13.7 Å². The van der Waals surface area contributed by atoms with Crippen molar-refractivity contribution in [2.45, 2.75) is 12.8 Å². The van der Waals surface area contributed by atoms with Gasteiger partial charge in [-0.05, 0) is 25.0 Å². The van der Waals surface area contributed by atoms with E-state index in [0.29, 0.717) is 18.2 Å². The van der Waals surface area contributed by atoms with Crippen LogP contribution in [0.15, 0.2) is 18.3 Å². The first-order chi connectivity index (χ1) is 6.88. The highest BCUT2D eigenvalue weighted by Gasteiger charge is 2.02. The van der Waals surface area contributed by atoms with Gasteiger partial charge in [0.15, 0.2) is 5.75 Å². The lowest BCUT2D eigenvalue weighted by atomic mass is 10.3. The van der Waals surface area contributed by atoms with Gasteiger partial charge < -0.3 is 14.6 Å². The Hall–Kier alpha value is -1.29. The predicted molar refractivity (Wildman–Crippen MR) is 52.6 cm³/mol. The van der Waals surface area contributed by atoms with Gasteiger partial charge >= 0.3 is 0 Å². The summed E-state index contributed by atoms with van der Waals surface area (Å²) in [7, 11) is 1.56. The number of unbranched alkanes of at least 4 members (excludes halogenated alkanes) is 1. The van der Waals surface area contributed by atoms with Crippen LogP contribution in [0.1, 0.15) is 12.8 Å². The Morgan fingerprint density at radius 3 is 3.00 bits per heavy atom. The smallest absolute Gasteiger partial charge is 0.256 e. The van der Waals surface area contributed by atoms with E-state index in [4.69, 9.17) is 14.6 Å². The van der Waals surface area contributed by atoms with Crippen molar-refractivity contribution in [3.8, 4) is 11.6 Å². The van der Waals surface area contributed by atoms with Crippen molar-refractivity contribution < 1.29 is 14.6 Å². The fourth-order valence-corrected chi connectivity index (χ4v) is 1.04. The average Bonchev–Trinajstić information content (AvgIpc) is 2.25. The molecular weight excluding hydrogens is 182 g/mol. The minimum atomic E-state index is 0.202. The van der Waals surface area contributed by atoms with Crippen molar-refractivity contribution in [1.82, 2.24) is 4.98 Å². The van der Waals surface area contributed by atoms with E-state index in [2.05, 4.69) is 4.98 Å². The van der Waals surface area contributed by atoms with Crippen LogP contribution in [0.5, 0.6) is 11.6 Å². The molecule has 1 aromatic heterocycles. The maximum atomic E-state index is 8.57. The molecule has 0 aliphatic heterocycles. The maximum absolute atomic E-state index is 8.57. The molecule has 0 aliphatic rings. The van der Waals surface area contributed by atoms with Gasteiger partial charge in [0.2, 0.25) is 0 Å². The molecule has 0 spiro atoms. The molecule has 0 saturated carbocycles. The van der Waals surface area contributed by atoms with Gasteiger partial charge in [0.25, 0.3) is 5.88 Å². The minimum Gasteiger partial charge on any atom is -0.488 e. The fourth-order valence-electron chi connectivity index (χ4n) is 1.04. The number of rotatable bonds is 6. The Balaban J connectivity index is 2.41. The van der Waals surface area contributed by atoms with Crippen molar-refractivity contribution in [3.63, 3.8) is 0 Å². The summed E-state index contributed by atoms with van der Waals surface area (Å²) in [5, 5.41) is 8.57. The van der Waals surface area contributed by atoms with Crippen LogP contribution in [0.2, 0.25) is 0 Å². The number of methoxy groups -OCH3 is 1. The summed E-state index contributed by atoms with van der Waals surface area (Å²) >= 11 is 0. The van der Waals surface area contributed by atoms with Crippen molar-refractivity contribution in [2.75, 3.05) is 20.3 Å². The normalized spacial score (nSPS) is 9.86. The maximum Gasteiger partial charge on any atom is 0.256 e. The third-order valence-corrected chi connectivity index (χ3v) is 1.74. The van der Waals surface area contributed by atoms with Gasteiger partial charge in [0.1, 0.15) is 0 Å². The van der Waals surface area contributed by atoms with E-state index in [-0.39, 0.29) is 6.61 Å². The van der Waals surface area contributed by atoms with Gasteiger partial charge in [0, 0.05) is 12.8 Å². The third-order valence-electron chi connectivity index (χ3n) is 1.74. The quantitative estimate of drug-likeness (QED) is 0.697. The summed E-state index contributed by atoms with van der Waals surface area (Å²) in [4.78, 5) is 4.00. The van der Waals surface area contributed by atoms with Crippen LogP contribution in [0.25, 0.3) is 0 Å². The van der Waals surface area contributed by atoms with Gasteiger partial charge in [-0.1, -0.05) is 0 Å². The number of aliphatic hydroxyl groups is 1. The molecule has 14 heavy (non-hydrogen) atoms. The van der Waals surface area contributed by atoms with Crippen LogP contribution in [-0.4, -0.2) is 30.4 Å². The molecule has 0 radical (unpaired) electrons. The second-order valence-electron chi connectivity index (χ2n) is 2.79. The summed E-state index contributed by atoms with van der Waals surface area (Å²) in [5.74, 6) is 1.14. The molecule has 4 heteroatoms. The molecule has 1 aromatic rings. The predicted octanol–water partition coefficient (Wildman–Crippen LogP) is 1.24. The molecule has 1 heterocycles. The fraction of sp³-hybridized carbons (Fsp3) is 0.500. The summed E-state index contributed by atoms with van der Waals surface area (Å²) in [6.07, 6.45) is 3.23. The summed E-state index contributed by atoms with van der Waals surface area (Å²) < 4.78 is 10.4. The first kappa shape index (κ1) is 10.8. The Morgan fingerprint density at radius 2 is 2.29 bits per heavy atom. The molecule has 0 fully saturated rings. The van der Waals surface area contributed by atoms with E-state index in [0.717, 1.165) is 12.8 Å². The first-order valence-electron chi connectivity index (χ1n) is 4.61. The lowest BCUT2D eigenvalue weighted by Crippen LogP contribution is -2.01. The van der Waals surface area contributed by atoms with Crippen LogP contribution in [-0.2, 0) is 0 Å². The number of aromatic nitrogens is 1. The number of pyridine rings is 1. The lowest BCUT2D eigenvalue weighted by Gasteiger charge is -2.08. The Bertz CT molecular complexity index is 265. The summed E-state index contributed by atoms with van der Waals surface area (Å²) in [6.45, 7) is 0.774. The highest BCUT2D eigenvalue weighted by Crippen LogP contribution is 2.22. The SMILES string of the molecule is COc1ncccc1OCCCCO. The zero-order valence-electron chi connectivity index (χ0n) is 8.27. The van der Waals surface area contributed by atoms with Crippen molar-refractivity contribution in [2.24, 2.45) is 0 Å². The van der Waals surface area contributed by atoms with Crippen molar-refractivity contribution in [3.05, 3.63) is 18.3 Å². The van der Waals surface area contributed by atoms with E-state index in [1.165, 1.54) is 0 Å². The number of hydrogen-bond donors (Lipinski definition) is 1. The number of hydrogen-bond acceptors (Lipinski definition) is 4. The van der Waals surface area contributed by atoms with Crippen LogP contribution in [0.4, 0.5) is 0 Å². The van der Waals surface area contributed by atoms with Crippen LogP contribution in [0.3, 0.4) is 0 Å². The molecule has 0 bridgehead atoms. The zero-order chi connectivity index (χ0) is 10.2. The minimum absolute atomic E-state index is 0.202. The van der Waals surface area contributed by atoms with E-state index in [9.17, 15) is 0 Å². The van der Waals surface area contributed by atoms with Crippen molar-refractivity contribution in [1.29, 1.82) is 0 Å². The number of aliphatic hydroxyl groups excluding tert-OH is 1. The monoisotopic (exact) mass is 197 g/mol. The molecule has 0 atom stereocenters. The molecule has 0 aliphatic carbocycles. The molecule has 0 aromatic carbocycles. The van der Waals surface area contributed by atoms with Crippen molar-refractivity contribution >= 4 is 0 Å². The van der Waals surface area contributed by atoms with Crippen LogP contribution < -0.4 is 9.47 Å². The lowest BCUT2D eigenvalue weighted by molar-refractivity contribution is 0.246. The second kappa shape index (κ2) is 6.21. The molecule has 0 saturated heterocycles. The van der Waals surface area contributed by atoms with E-state index in [1.54, 1.807) is 19.4 Å². The Morgan fingerprint density at radius 1 is 1.43 bits per heavy atom. The standard InChI is InChI=1S/C10H15NO3/c1-13-10-9(5-4-6-11-10)14-8-3-2-7-12/h4-6,12H,2-3,7-8H2,1H3. The second-order valence-corrected chi connectivity index (χ2v) is 2.79. The van der Waals surface area contributed by atoms with Gasteiger partial charge in [-0.2, -0.15) is 0 Å². The van der Waals surface area contributed by atoms with Gasteiger partial charge in [-0.25, -0.2) is 4.98 Å². The van der Waals surface area contributed by atoms with Gasteiger partial charge in [-0.15, -0.1) is 0 Å². The van der Waals surface area contributed by atoms with E-state index in [1.807, 2.05) is 6.07 Å². The Labute approximate surface area is 83.5 Å². The molecule has 78 valence electrons. The number of ether oxygens (including phenoxy) is 2. The Kier molecular flexibility index (Phi) is 4.78. The number of nitrogens with zero attached hydrogens (tertiary/aromatic N) is 1. The largest absolute Gasteiger partial charge is 0.488 e. The molecule has 4 nitrogen and oxygen atoms in total. The molecule has 0 unspecified atom stereocenters. The van der Waals surface area contributed by atoms with Gasteiger partial charge in [-0.3, -0.25) is 0 Å². The average molecular weight is 197 g/mol. The molecule has 1 N–H and O–H groups in total. The summed E-state index contributed by atoms with van der Waals surface area (Å²) in [5.41, 5.74) is 0. The topological polar surface area (TPSA) is 51.6 Å². The highest BCUT2D eigenvalue weighted by atomic mass is 16.5. The molecule has 1 rings (SSSR count). The van der Waals surface area contributed by atoms with E-state index < -0.39 is 0 Å².